The molecular weight excluding hydrogens is 192 g/mol. The second-order valence-electron chi connectivity index (χ2n) is 4.64. The summed E-state index contributed by atoms with van der Waals surface area (Å²) in [6.07, 6.45) is 5.41. The topological polar surface area (TPSA) is 52.6 Å². The Kier molecular flexibility index (Phi) is 3.59. The van der Waals surface area contributed by atoms with Crippen molar-refractivity contribution in [1.29, 1.82) is 0 Å². The summed E-state index contributed by atoms with van der Waals surface area (Å²) >= 11 is 0. The number of amides is 1. The molecule has 2 N–H and O–H groups in total. The summed E-state index contributed by atoms with van der Waals surface area (Å²) in [6, 6.07) is 0.543. The minimum atomic E-state index is -0.305. The first-order valence-electron chi connectivity index (χ1n) is 5.95. The molecule has 0 aromatic rings. The van der Waals surface area contributed by atoms with E-state index in [4.69, 9.17) is 0 Å². The number of β-amino-alcohol motifs (C(OH)–C–C–N with tert-alkyl or cyclic N) is 1. The van der Waals surface area contributed by atoms with Gasteiger partial charge in [-0.25, -0.2) is 0 Å². The van der Waals surface area contributed by atoms with Crippen LogP contribution in [0.15, 0.2) is 0 Å². The summed E-state index contributed by atoms with van der Waals surface area (Å²) in [5, 5.41) is 12.6. The fourth-order valence-corrected chi connectivity index (χ4v) is 2.44. The van der Waals surface area contributed by atoms with E-state index in [9.17, 15) is 9.90 Å². The molecule has 0 radical (unpaired) electrons. The van der Waals surface area contributed by atoms with Gasteiger partial charge in [0.15, 0.2) is 0 Å². The van der Waals surface area contributed by atoms with Gasteiger partial charge in [-0.2, -0.15) is 0 Å². The van der Waals surface area contributed by atoms with Crippen LogP contribution in [0.4, 0.5) is 0 Å². The number of nitrogens with one attached hydrogen (secondary N) is 1. The van der Waals surface area contributed by atoms with Crippen LogP contribution in [0.3, 0.4) is 0 Å². The monoisotopic (exact) mass is 212 g/mol. The Balaban J connectivity index is 1.67. The first kappa shape index (κ1) is 10.9. The molecule has 1 atom stereocenters. The molecule has 0 aromatic heterocycles. The van der Waals surface area contributed by atoms with Gasteiger partial charge in [0, 0.05) is 19.1 Å². The second-order valence-corrected chi connectivity index (χ2v) is 4.64. The molecule has 15 heavy (non-hydrogen) atoms. The lowest BCUT2D eigenvalue weighted by atomic mass is 10.2. The average Bonchev–Trinajstić information content (AvgIpc) is 2.84. The van der Waals surface area contributed by atoms with Gasteiger partial charge in [0.1, 0.15) is 0 Å². The molecule has 2 fully saturated rings. The maximum atomic E-state index is 11.7. The Hall–Kier alpha value is -0.610. The van der Waals surface area contributed by atoms with Crippen LogP contribution >= 0.6 is 0 Å². The van der Waals surface area contributed by atoms with Crippen LogP contribution in [0.2, 0.25) is 0 Å². The SMILES string of the molecule is O=C(CNC1CCCC1)N1CCC(O)C1. The molecule has 2 aliphatic rings. The van der Waals surface area contributed by atoms with E-state index in [-0.39, 0.29) is 12.0 Å². The van der Waals surface area contributed by atoms with Gasteiger partial charge in [-0.05, 0) is 19.3 Å². The van der Waals surface area contributed by atoms with Gasteiger partial charge in [-0.1, -0.05) is 12.8 Å². The fraction of sp³-hybridized carbons (Fsp3) is 0.909. The standard InChI is InChI=1S/C11H20N2O2/c14-10-5-6-13(8-10)11(15)7-12-9-3-1-2-4-9/h9-10,12,14H,1-8H2. The minimum absolute atomic E-state index is 0.137. The van der Waals surface area contributed by atoms with Crippen molar-refractivity contribution in [3.05, 3.63) is 0 Å². The number of nitrogens with zero attached hydrogens (tertiary/aromatic N) is 1. The highest BCUT2D eigenvalue weighted by Gasteiger charge is 2.25. The molecule has 4 heteroatoms. The lowest BCUT2D eigenvalue weighted by molar-refractivity contribution is -0.129. The largest absolute Gasteiger partial charge is 0.391 e. The second kappa shape index (κ2) is 4.94. The predicted octanol–water partition coefficient (Wildman–Crippen LogP) is 0.112. The van der Waals surface area contributed by atoms with Gasteiger partial charge in [0.2, 0.25) is 5.91 Å². The van der Waals surface area contributed by atoms with E-state index in [1.165, 1.54) is 25.7 Å². The summed E-state index contributed by atoms with van der Waals surface area (Å²) in [5.41, 5.74) is 0. The summed E-state index contributed by atoms with van der Waals surface area (Å²) in [6.45, 7) is 1.68. The number of aliphatic hydroxyl groups excluding tert-OH is 1. The molecule has 1 unspecified atom stereocenters. The Morgan fingerprint density at radius 1 is 1.33 bits per heavy atom. The molecule has 0 bridgehead atoms. The summed E-state index contributed by atoms with van der Waals surface area (Å²) in [7, 11) is 0. The first-order chi connectivity index (χ1) is 7.25. The van der Waals surface area contributed by atoms with Crippen LogP contribution in [0.5, 0.6) is 0 Å². The zero-order valence-electron chi connectivity index (χ0n) is 9.11. The van der Waals surface area contributed by atoms with Crippen molar-refractivity contribution < 1.29 is 9.90 Å². The maximum absolute atomic E-state index is 11.7. The van der Waals surface area contributed by atoms with E-state index in [1.807, 2.05) is 0 Å². The molecule has 1 aliphatic heterocycles. The molecule has 1 saturated heterocycles. The number of hydrogen-bond donors (Lipinski definition) is 2. The van der Waals surface area contributed by atoms with Crippen molar-refractivity contribution in [2.24, 2.45) is 0 Å². The van der Waals surface area contributed by atoms with E-state index < -0.39 is 0 Å². The van der Waals surface area contributed by atoms with Gasteiger partial charge in [0.25, 0.3) is 0 Å². The number of hydrogen-bond acceptors (Lipinski definition) is 3. The van der Waals surface area contributed by atoms with Crippen LogP contribution < -0.4 is 5.32 Å². The zero-order chi connectivity index (χ0) is 10.7. The van der Waals surface area contributed by atoms with Crippen LogP contribution in [-0.4, -0.2) is 47.7 Å². The van der Waals surface area contributed by atoms with Gasteiger partial charge < -0.3 is 15.3 Å². The van der Waals surface area contributed by atoms with Crippen LogP contribution in [-0.2, 0) is 4.79 Å². The lowest BCUT2D eigenvalue weighted by Crippen LogP contribution is -2.40. The molecule has 0 spiro atoms. The molecule has 86 valence electrons. The van der Waals surface area contributed by atoms with Gasteiger partial charge >= 0.3 is 0 Å². The molecule has 0 aromatic carbocycles. The number of carbonyl (C=O) groups is 1. The number of aliphatic hydroxyl groups is 1. The number of rotatable bonds is 3. The normalized spacial score (nSPS) is 27.5. The molecule has 1 heterocycles. The number of likely N-dealkylation sites (tertiary alicyclic amines) is 1. The van der Waals surface area contributed by atoms with Crippen molar-refractivity contribution in [3.8, 4) is 0 Å². The quantitative estimate of drug-likeness (QED) is 0.698. The molecule has 1 aliphatic carbocycles. The Labute approximate surface area is 90.6 Å². The maximum Gasteiger partial charge on any atom is 0.236 e. The van der Waals surface area contributed by atoms with Crippen molar-refractivity contribution in [2.75, 3.05) is 19.6 Å². The summed E-state index contributed by atoms with van der Waals surface area (Å²) in [5.74, 6) is 0.137. The highest BCUT2D eigenvalue weighted by Crippen LogP contribution is 2.17. The Morgan fingerprint density at radius 2 is 2.07 bits per heavy atom. The van der Waals surface area contributed by atoms with E-state index in [0.29, 0.717) is 25.7 Å². The zero-order valence-corrected chi connectivity index (χ0v) is 9.11. The minimum Gasteiger partial charge on any atom is -0.391 e. The van der Waals surface area contributed by atoms with Gasteiger partial charge in [-0.15, -0.1) is 0 Å². The highest BCUT2D eigenvalue weighted by molar-refractivity contribution is 5.78. The Morgan fingerprint density at radius 3 is 2.67 bits per heavy atom. The van der Waals surface area contributed by atoms with Crippen molar-refractivity contribution >= 4 is 5.91 Å². The predicted molar refractivity (Wildman–Crippen MR) is 57.5 cm³/mol. The lowest BCUT2D eigenvalue weighted by Gasteiger charge is -2.18. The van der Waals surface area contributed by atoms with E-state index >= 15 is 0 Å². The Bertz CT molecular complexity index is 227. The number of carbonyl (C=O) groups excluding carboxylic acids is 1. The molecule has 1 amide bonds. The third-order valence-electron chi connectivity index (χ3n) is 3.41. The average molecular weight is 212 g/mol. The van der Waals surface area contributed by atoms with Crippen molar-refractivity contribution in [3.63, 3.8) is 0 Å². The highest BCUT2D eigenvalue weighted by atomic mass is 16.3. The van der Waals surface area contributed by atoms with E-state index in [1.54, 1.807) is 4.90 Å². The van der Waals surface area contributed by atoms with Crippen molar-refractivity contribution in [2.45, 2.75) is 44.2 Å². The molecule has 2 rings (SSSR count). The van der Waals surface area contributed by atoms with E-state index in [2.05, 4.69) is 5.32 Å². The first-order valence-corrected chi connectivity index (χ1v) is 5.95. The van der Waals surface area contributed by atoms with Gasteiger partial charge in [-0.3, -0.25) is 4.79 Å². The van der Waals surface area contributed by atoms with E-state index in [0.717, 1.165) is 6.42 Å². The molecule has 4 nitrogen and oxygen atoms in total. The summed E-state index contributed by atoms with van der Waals surface area (Å²) in [4.78, 5) is 13.5. The fourth-order valence-electron chi connectivity index (χ4n) is 2.44. The van der Waals surface area contributed by atoms with Crippen molar-refractivity contribution in [1.82, 2.24) is 10.2 Å². The third-order valence-corrected chi connectivity index (χ3v) is 3.41. The van der Waals surface area contributed by atoms with Crippen LogP contribution in [0.1, 0.15) is 32.1 Å². The smallest absolute Gasteiger partial charge is 0.236 e. The van der Waals surface area contributed by atoms with Gasteiger partial charge in [0.05, 0.1) is 12.6 Å². The summed E-state index contributed by atoms with van der Waals surface area (Å²) < 4.78 is 0. The van der Waals surface area contributed by atoms with Crippen LogP contribution in [0, 0.1) is 0 Å². The molecule has 1 saturated carbocycles. The molecular formula is C11H20N2O2. The van der Waals surface area contributed by atoms with Crippen LogP contribution in [0.25, 0.3) is 0 Å². The third kappa shape index (κ3) is 2.92.